The number of rotatable bonds is 8. The van der Waals surface area contributed by atoms with E-state index in [9.17, 15) is 5.26 Å². The fraction of sp³-hybridized carbons (Fsp3) is 0. The molecule has 0 bridgehead atoms. The number of furan rings is 1. The maximum Gasteiger partial charge on any atom is 0.164 e. The van der Waals surface area contributed by atoms with Crippen molar-refractivity contribution in [1.82, 2.24) is 15.0 Å². The summed E-state index contributed by atoms with van der Waals surface area (Å²) in [5.74, 6) is 1.63. The minimum Gasteiger partial charge on any atom is -0.456 e. The first-order valence-electron chi connectivity index (χ1n) is 20.9. The van der Waals surface area contributed by atoms with Crippen LogP contribution in [0.3, 0.4) is 0 Å². The van der Waals surface area contributed by atoms with Crippen LogP contribution in [-0.4, -0.2) is 15.0 Å². The van der Waals surface area contributed by atoms with E-state index < -0.39 is 0 Å². The summed E-state index contributed by atoms with van der Waals surface area (Å²) in [6.07, 6.45) is 0. The van der Waals surface area contributed by atoms with Gasteiger partial charge in [-0.15, -0.1) is 0 Å². The highest BCUT2D eigenvalue weighted by Crippen LogP contribution is 2.40. The molecule has 0 spiro atoms. The van der Waals surface area contributed by atoms with Gasteiger partial charge in [-0.05, 0) is 110 Å². The first kappa shape index (κ1) is 37.3. The maximum atomic E-state index is 9.41. The lowest BCUT2D eigenvalue weighted by Gasteiger charge is -2.13. The van der Waals surface area contributed by atoms with E-state index in [1.807, 2.05) is 66.7 Å². The molecule has 0 N–H and O–H groups in total. The first-order chi connectivity index (χ1) is 31.1. The molecule has 0 saturated heterocycles. The number of nitrogens with zero attached hydrogens (tertiary/aromatic N) is 4. The van der Waals surface area contributed by atoms with Crippen molar-refractivity contribution in [2.75, 3.05) is 0 Å². The smallest absolute Gasteiger partial charge is 0.164 e. The summed E-state index contributed by atoms with van der Waals surface area (Å²) < 4.78 is 6.62. The van der Waals surface area contributed by atoms with Crippen LogP contribution in [0, 0.1) is 11.3 Å². The number of aromatic nitrogens is 3. The summed E-state index contributed by atoms with van der Waals surface area (Å²) in [6, 6.07) is 77.0. The fourth-order valence-corrected chi connectivity index (χ4v) is 8.37. The van der Waals surface area contributed by atoms with Crippen molar-refractivity contribution in [2.24, 2.45) is 0 Å². The number of fused-ring (bicyclic) bond motifs is 3. The normalized spacial score (nSPS) is 11.2. The van der Waals surface area contributed by atoms with Crippen LogP contribution in [0.2, 0.25) is 0 Å². The molecule has 294 valence electrons. The van der Waals surface area contributed by atoms with Crippen LogP contribution in [0.25, 0.3) is 112 Å². The Hall–Kier alpha value is -8.72. The van der Waals surface area contributed by atoms with Gasteiger partial charge in [0.1, 0.15) is 11.2 Å². The lowest BCUT2D eigenvalue weighted by Crippen LogP contribution is -2.01. The van der Waals surface area contributed by atoms with E-state index in [-0.39, 0.29) is 0 Å². The zero-order valence-electron chi connectivity index (χ0n) is 34.0. The highest BCUT2D eigenvalue weighted by atomic mass is 16.3. The van der Waals surface area contributed by atoms with E-state index in [1.165, 1.54) is 11.1 Å². The molecule has 63 heavy (non-hydrogen) atoms. The summed E-state index contributed by atoms with van der Waals surface area (Å²) in [5.41, 5.74) is 15.6. The summed E-state index contributed by atoms with van der Waals surface area (Å²) in [6.45, 7) is 0. The molecule has 5 nitrogen and oxygen atoms in total. The molecule has 0 aliphatic rings. The molecule has 9 aromatic carbocycles. The molecule has 0 aliphatic carbocycles. The molecule has 0 amide bonds. The largest absolute Gasteiger partial charge is 0.456 e. The lowest BCUT2D eigenvalue weighted by molar-refractivity contribution is 0.669. The Labute approximate surface area is 364 Å². The van der Waals surface area contributed by atoms with E-state index in [0.29, 0.717) is 23.0 Å². The van der Waals surface area contributed by atoms with Crippen molar-refractivity contribution >= 4 is 21.9 Å². The molecule has 2 heterocycles. The SMILES string of the molecule is N#Cc1ccc(-c2cccc(-c3nc(-c4cc(-c5ccccc5)cc(-c5ccccc5)c4)nc(-c4ccc5c(c4)oc4cccc(-c6ccc(-c7ccccc7)cc6)c45)n3)c2)cc1. The van der Waals surface area contributed by atoms with Crippen molar-refractivity contribution < 1.29 is 4.42 Å². The molecule has 5 heteroatoms. The molecule has 11 rings (SSSR count). The van der Waals surface area contributed by atoms with Crippen LogP contribution >= 0.6 is 0 Å². The Morgan fingerprint density at radius 1 is 0.317 bits per heavy atom. The second kappa shape index (κ2) is 16.0. The van der Waals surface area contributed by atoms with Gasteiger partial charge in [0.05, 0.1) is 11.6 Å². The van der Waals surface area contributed by atoms with Crippen molar-refractivity contribution in [3.63, 3.8) is 0 Å². The molecule has 0 fully saturated rings. The van der Waals surface area contributed by atoms with Gasteiger partial charge in [0.15, 0.2) is 17.5 Å². The molecule has 0 radical (unpaired) electrons. The summed E-state index contributed by atoms with van der Waals surface area (Å²) >= 11 is 0. The topological polar surface area (TPSA) is 75.6 Å². The summed E-state index contributed by atoms with van der Waals surface area (Å²) in [4.78, 5) is 15.6. The second-order valence-corrected chi connectivity index (χ2v) is 15.5. The highest BCUT2D eigenvalue weighted by molar-refractivity contribution is 6.13. The van der Waals surface area contributed by atoms with Gasteiger partial charge >= 0.3 is 0 Å². The third kappa shape index (κ3) is 7.33. The molecule has 0 aliphatic heterocycles. The molecule has 0 unspecified atom stereocenters. The molecule has 0 atom stereocenters. The van der Waals surface area contributed by atoms with Gasteiger partial charge in [-0.2, -0.15) is 5.26 Å². The van der Waals surface area contributed by atoms with Crippen LogP contribution < -0.4 is 0 Å². The van der Waals surface area contributed by atoms with Gasteiger partial charge in [0.2, 0.25) is 0 Å². The van der Waals surface area contributed by atoms with Gasteiger partial charge in [-0.25, -0.2) is 15.0 Å². The predicted octanol–water partition coefficient (Wildman–Crippen LogP) is 15.0. The van der Waals surface area contributed by atoms with Gasteiger partial charge in [0.25, 0.3) is 0 Å². The lowest BCUT2D eigenvalue weighted by atomic mass is 9.95. The number of hydrogen-bond acceptors (Lipinski definition) is 5. The van der Waals surface area contributed by atoms with E-state index in [2.05, 4.69) is 158 Å². The van der Waals surface area contributed by atoms with Crippen LogP contribution in [0.4, 0.5) is 0 Å². The highest BCUT2D eigenvalue weighted by Gasteiger charge is 2.18. The van der Waals surface area contributed by atoms with E-state index in [1.54, 1.807) is 0 Å². The quantitative estimate of drug-likeness (QED) is 0.153. The Morgan fingerprint density at radius 3 is 1.37 bits per heavy atom. The zero-order chi connectivity index (χ0) is 42.1. The molecular weight excluding hydrogens is 769 g/mol. The Bertz CT molecular complexity index is 3420. The first-order valence-corrected chi connectivity index (χ1v) is 20.9. The number of hydrogen-bond donors (Lipinski definition) is 0. The summed E-state index contributed by atoms with van der Waals surface area (Å²) in [7, 11) is 0. The monoisotopic (exact) mass is 804 g/mol. The average molecular weight is 805 g/mol. The van der Waals surface area contributed by atoms with Crippen molar-refractivity contribution in [3.05, 3.63) is 224 Å². The van der Waals surface area contributed by atoms with Crippen molar-refractivity contribution in [2.45, 2.75) is 0 Å². The zero-order valence-corrected chi connectivity index (χ0v) is 34.0. The van der Waals surface area contributed by atoms with E-state index in [0.717, 1.165) is 83.1 Å². The van der Waals surface area contributed by atoms with Gasteiger partial charge in [-0.1, -0.05) is 164 Å². The minimum absolute atomic E-state index is 0.532. The standard InChI is InChI=1S/C58H36N4O/c59-37-38-22-24-43(25-23-38)45-18-10-19-46(32-45)56-60-57(62-58(61-56)50-34-48(40-14-6-2-7-15-40)33-49(35-50)41-16-8-3-9-17-41)47-30-31-52-54(36-47)63-53-21-11-20-51(55(52)53)44-28-26-42(27-29-44)39-12-4-1-5-13-39/h1-36H. The second-order valence-electron chi connectivity index (χ2n) is 15.5. The third-order valence-corrected chi connectivity index (χ3v) is 11.6. The van der Waals surface area contributed by atoms with Gasteiger partial charge in [0, 0.05) is 27.5 Å². The number of nitriles is 1. The van der Waals surface area contributed by atoms with Crippen LogP contribution in [-0.2, 0) is 0 Å². The van der Waals surface area contributed by atoms with Gasteiger partial charge in [-0.3, -0.25) is 0 Å². The van der Waals surface area contributed by atoms with Gasteiger partial charge < -0.3 is 4.42 Å². The van der Waals surface area contributed by atoms with Crippen LogP contribution in [0.15, 0.2) is 223 Å². The summed E-state index contributed by atoms with van der Waals surface area (Å²) in [5, 5.41) is 11.5. The van der Waals surface area contributed by atoms with Crippen LogP contribution in [0.5, 0.6) is 0 Å². The van der Waals surface area contributed by atoms with E-state index in [4.69, 9.17) is 19.4 Å². The Balaban J connectivity index is 1.06. The Kier molecular flexibility index (Phi) is 9.50. The van der Waals surface area contributed by atoms with Crippen molar-refractivity contribution in [3.8, 4) is 95.9 Å². The molecule has 0 saturated carbocycles. The van der Waals surface area contributed by atoms with Crippen LogP contribution in [0.1, 0.15) is 5.56 Å². The average Bonchev–Trinajstić information content (AvgIpc) is 3.75. The van der Waals surface area contributed by atoms with E-state index >= 15 is 0 Å². The molecule has 2 aromatic heterocycles. The molecular formula is C58H36N4O. The maximum absolute atomic E-state index is 9.41. The van der Waals surface area contributed by atoms with Crippen molar-refractivity contribution in [1.29, 1.82) is 5.26 Å². The minimum atomic E-state index is 0.532. The number of benzene rings is 9. The fourth-order valence-electron chi connectivity index (χ4n) is 8.37. The molecule has 11 aromatic rings. The predicted molar refractivity (Wildman–Crippen MR) is 255 cm³/mol. The Morgan fingerprint density at radius 2 is 0.746 bits per heavy atom. The third-order valence-electron chi connectivity index (χ3n) is 11.6.